The van der Waals surface area contributed by atoms with E-state index in [1.807, 2.05) is 18.2 Å². The summed E-state index contributed by atoms with van der Waals surface area (Å²) in [5.74, 6) is -0.119. The number of hydrogen-bond donors (Lipinski definition) is 3. The third-order valence-corrected chi connectivity index (χ3v) is 3.75. The molecule has 2 aromatic rings. The van der Waals surface area contributed by atoms with Crippen molar-refractivity contribution < 1.29 is 10.0 Å². The van der Waals surface area contributed by atoms with E-state index in [1.165, 1.54) is 17.7 Å². The van der Waals surface area contributed by atoms with Crippen LogP contribution in [-0.2, 0) is 6.42 Å². The van der Waals surface area contributed by atoms with Crippen LogP contribution in [0.15, 0.2) is 36.4 Å². The molecule has 0 aliphatic heterocycles. The van der Waals surface area contributed by atoms with E-state index in [4.69, 9.17) is 5.73 Å². The molecule has 0 fully saturated rings. The van der Waals surface area contributed by atoms with Crippen LogP contribution in [0.25, 0.3) is 0 Å². The minimum Gasteiger partial charge on any atom is -0.508 e. The highest BCUT2D eigenvalue weighted by Gasteiger charge is 2.25. The molecule has 0 saturated heterocycles. The maximum atomic E-state index is 11.1. The first kappa shape index (κ1) is 13.2. The van der Waals surface area contributed by atoms with Gasteiger partial charge in [0.25, 0.3) is 5.69 Å². The fourth-order valence-corrected chi connectivity index (χ4v) is 2.77. The van der Waals surface area contributed by atoms with Crippen LogP contribution < -0.4 is 11.1 Å². The van der Waals surface area contributed by atoms with Crippen LogP contribution in [0.2, 0.25) is 0 Å². The number of benzene rings is 2. The molecule has 21 heavy (non-hydrogen) atoms. The maximum absolute atomic E-state index is 11.1. The largest absolute Gasteiger partial charge is 0.508 e. The number of anilines is 2. The van der Waals surface area contributed by atoms with Gasteiger partial charge in [-0.3, -0.25) is 10.1 Å². The number of nitrogens with zero attached hydrogens (tertiary/aromatic N) is 1. The van der Waals surface area contributed by atoms with E-state index in [1.54, 1.807) is 0 Å². The van der Waals surface area contributed by atoms with Crippen molar-refractivity contribution in [3.05, 3.63) is 57.6 Å². The number of nitro groups is 1. The fourth-order valence-electron chi connectivity index (χ4n) is 2.77. The van der Waals surface area contributed by atoms with E-state index < -0.39 is 4.92 Å². The van der Waals surface area contributed by atoms with Crippen LogP contribution in [0.5, 0.6) is 5.75 Å². The van der Waals surface area contributed by atoms with Gasteiger partial charge in [0.1, 0.15) is 11.4 Å². The summed E-state index contributed by atoms with van der Waals surface area (Å²) in [4.78, 5) is 10.6. The van der Waals surface area contributed by atoms with Crippen LogP contribution >= 0.6 is 0 Å². The van der Waals surface area contributed by atoms with Gasteiger partial charge in [-0.25, -0.2) is 0 Å². The van der Waals surface area contributed by atoms with Gasteiger partial charge in [0.2, 0.25) is 0 Å². The van der Waals surface area contributed by atoms with Gasteiger partial charge in [-0.1, -0.05) is 6.07 Å². The summed E-state index contributed by atoms with van der Waals surface area (Å²) in [6, 6.07) is 9.88. The first-order valence-electron chi connectivity index (χ1n) is 6.67. The number of nitrogen functional groups attached to an aromatic ring is 1. The molecule has 0 amide bonds. The van der Waals surface area contributed by atoms with Crippen molar-refractivity contribution in [3.63, 3.8) is 0 Å². The Labute approximate surface area is 121 Å². The number of fused-ring (bicyclic) bond motifs is 1. The molecule has 4 N–H and O–H groups in total. The summed E-state index contributed by atoms with van der Waals surface area (Å²) in [5.41, 5.74) is 9.07. The van der Waals surface area contributed by atoms with Crippen molar-refractivity contribution in [2.45, 2.75) is 18.9 Å². The number of nitrogens with one attached hydrogen (secondary N) is 1. The Morgan fingerprint density at radius 3 is 2.86 bits per heavy atom. The number of nitrogens with two attached hydrogens (primary N) is 1. The van der Waals surface area contributed by atoms with Crippen molar-refractivity contribution in [2.24, 2.45) is 0 Å². The predicted molar refractivity (Wildman–Crippen MR) is 80.3 cm³/mol. The zero-order valence-corrected chi connectivity index (χ0v) is 11.2. The zero-order valence-electron chi connectivity index (χ0n) is 11.2. The maximum Gasteiger partial charge on any atom is 0.296 e. The summed E-state index contributed by atoms with van der Waals surface area (Å²) < 4.78 is 0. The normalized spacial score (nSPS) is 16.5. The molecule has 6 heteroatoms. The number of phenolic OH excluding ortho intramolecular Hbond substituents is 1. The first-order chi connectivity index (χ1) is 10.0. The predicted octanol–water partition coefficient (Wildman–Crippen LogP) is 2.98. The SMILES string of the molecule is Nc1ccc2c(c1)CCC2Nc1ccc(O)cc1[N+](=O)[O-]. The Bertz CT molecular complexity index is 715. The molecule has 1 aliphatic rings. The van der Waals surface area contributed by atoms with Crippen LogP contribution in [-0.4, -0.2) is 10.0 Å². The van der Waals surface area contributed by atoms with Gasteiger partial charge < -0.3 is 16.2 Å². The molecule has 0 saturated carbocycles. The lowest BCUT2D eigenvalue weighted by molar-refractivity contribution is -0.384. The number of nitro benzene ring substituents is 1. The van der Waals surface area contributed by atoms with E-state index in [9.17, 15) is 15.2 Å². The van der Waals surface area contributed by atoms with Crippen molar-refractivity contribution in [1.82, 2.24) is 0 Å². The molecule has 108 valence electrons. The van der Waals surface area contributed by atoms with Crippen LogP contribution in [0.4, 0.5) is 17.1 Å². The summed E-state index contributed by atoms with van der Waals surface area (Å²) in [6.07, 6.45) is 1.75. The van der Waals surface area contributed by atoms with Gasteiger partial charge in [-0.05, 0) is 48.2 Å². The topological polar surface area (TPSA) is 101 Å². The highest BCUT2D eigenvalue weighted by molar-refractivity contribution is 5.65. The van der Waals surface area contributed by atoms with Gasteiger partial charge >= 0.3 is 0 Å². The number of phenols is 1. The lowest BCUT2D eigenvalue weighted by atomic mass is 10.1. The van der Waals surface area contributed by atoms with Gasteiger partial charge in [0, 0.05) is 5.69 Å². The van der Waals surface area contributed by atoms with Crippen molar-refractivity contribution in [3.8, 4) is 5.75 Å². The molecule has 2 aromatic carbocycles. The molecule has 0 aromatic heterocycles. The lowest BCUT2D eigenvalue weighted by Gasteiger charge is -2.16. The molecule has 6 nitrogen and oxygen atoms in total. The Morgan fingerprint density at radius 1 is 1.29 bits per heavy atom. The van der Waals surface area contributed by atoms with E-state index in [-0.39, 0.29) is 17.5 Å². The smallest absolute Gasteiger partial charge is 0.296 e. The molecule has 1 unspecified atom stereocenters. The highest BCUT2D eigenvalue weighted by atomic mass is 16.6. The number of rotatable bonds is 3. The molecule has 0 heterocycles. The third kappa shape index (κ3) is 2.47. The molecule has 1 aliphatic carbocycles. The van der Waals surface area contributed by atoms with Gasteiger partial charge in [-0.2, -0.15) is 0 Å². The van der Waals surface area contributed by atoms with Gasteiger partial charge in [0.15, 0.2) is 0 Å². The Hall–Kier alpha value is -2.76. The third-order valence-electron chi connectivity index (χ3n) is 3.75. The Balaban J connectivity index is 1.91. The summed E-state index contributed by atoms with van der Waals surface area (Å²) >= 11 is 0. The lowest BCUT2D eigenvalue weighted by Crippen LogP contribution is -2.08. The molecule has 1 atom stereocenters. The minimum absolute atomic E-state index is 0.0174. The second-order valence-corrected chi connectivity index (χ2v) is 5.15. The van der Waals surface area contributed by atoms with Gasteiger partial charge in [-0.15, -0.1) is 0 Å². The quantitative estimate of drug-likeness (QED) is 0.348. The standard InChI is InChI=1S/C15H15N3O3/c16-10-2-4-12-9(7-10)1-5-13(12)17-14-6-3-11(19)8-15(14)18(20)21/h2-4,6-8,13,17,19H,1,5,16H2. The summed E-state index contributed by atoms with van der Waals surface area (Å²) in [6.45, 7) is 0. The number of aryl methyl sites for hydroxylation is 1. The average Bonchev–Trinajstić information content (AvgIpc) is 2.82. The van der Waals surface area contributed by atoms with E-state index in [0.717, 1.165) is 30.2 Å². The molecule has 3 rings (SSSR count). The van der Waals surface area contributed by atoms with Crippen molar-refractivity contribution in [2.75, 3.05) is 11.1 Å². The summed E-state index contributed by atoms with van der Waals surface area (Å²) in [7, 11) is 0. The van der Waals surface area contributed by atoms with Crippen molar-refractivity contribution >= 4 is 17.1 Å². The molecule has 0 spiro atoms. The molecule has 0 radical (unpaired) electrons. The molecular weight excluding hydrogens is 270 g/mol. The number of aromatic hydroxyl groups is 1. The Morgan fingerprint density at radius 2 is 2.10 bits per heavy atom. The van der Waals surface area contributed by atoms with E-state index in [0.29, 0.717) is 5.69 Å². The van der Waals surface area contributed by atoms with Gasteiger partial charge in [0.05, 0.1) is 17.0 Å². The second-order valence-electron chi connectivity index (χ2n) is 5.15. The molecular formula is C15H15N3O3. The minimum atomic E-state index is -0.499. The fraction of sp³-hybridized carbons (Fsp3) is 0.200. The average molecular weight is 285 g/mol. The van der Waals surface area contributed by atoms with Crippen LogP contribution in [0.1, 0.15) is 23.6 Å². The monoisotopic (exact) mass is 285 g/mol. The Kier molecular flexibility index (Phi) is 3.13. The molecule has 0 bridgehead atoms. The number of hydrogen-bond acceptors (Lipinski definition) is 5. The van der Waals surface area contributed by atoms with Crippen LogP contribution in [0.3, 0.4) is 0 Å². The summed E-state index contributed by atoms with van der Waals surface area (Å²) in [5, 5.41) is 23.7. The van der Waals surface area contributed by atoms with E-state index >= 15 is 0 Å². The highest BCUT2D eigenvalue weighted by Crippen LogP contribution is 2.37. The van der Waals surface area contributed by atoms with Crippen molar-refractivity contribution in [1.29, 1.82) is 0 Å². The zero-order chi connectivity index (χ0) is 15.0. The van der Waals surface area contributed by atoms with Crippen LogP contribution in [0, 0.1) is 10.1 Å². The second kappa shape index (κ2) is 4.97. The first-order valence-corrected chi connectivity index (χ1v) is 6.67. The van der Waals surface area contributed by atoms with E-state index in [2.05, 4.69) is 5.32 Å².